The van der Waals surface area contributed by atoms with Crippen LogP contribution in [0.4, 0.5) is 11.6 Å². The van der Waals surface area contributed by atoms with Crippen molar-refractivity contribution >= 4 is 34.7 Å². The van der Waals surface area contributed by atoms with E-state index in [2.05, 4.69) is 30.7 Å². The van der Waals surface area contributed by atoms with E-state index in [1.54, 1.807) is 21.8 Å². The van der Waals surface area contributed by atoms with E-state index in [4.69, 9.17) is 14.6 Å². The molecule has 0 saturated heterocycles. The average molecular weight is 551 g/mol. The van der Waals surface area contributed by atoms with Crippen LogP contribution in [0.2, 0.25) is 0 Å². The third kappa shape index (κ3) is 8.48. The number of carboxylic acids is 1. The Morgan fingerprint density at radius 1 is 1.02 bits per heavy atom. The zero-order chi connectivity index (χ0) is 28.5. The predicted octanol–water partition coefficient (Wildman–Crippen LogP) is 4.30. The van der Waals surface area contributed by atoms with Crippen molar-refractivity contribution in [3.63, 3.8) is 0 Å². The monoisotopic (exact) mass is 550 g/mol. The van der Waals surface area contributed by atoms with Gasteiger partial charge in [-0.3, -0.25) is 14.3 Å². The number of ether oxygens (including phenoxy) is 2. The van der Waals surface area contributed by atoms with E-state index in [0.717, 1.165) is 12.1 Å². The molecule has 4 rings (SSSR count). The molecule has 0 unspecified atom stereocenters. The smallest absolute Gasteiger partial charge is 0.306 e. The second-order valence-electron chi connectivity index (χ2n) is 10.3. The fraction of sp³-hybridized carbons (Fsp3) is 0.444. The number of aryl methyl sites for hydroxylation is 1. The number of rotatable bonds is 14. The summed E-state index contributed by atoms with van der Waals surface area (Å²) < 4.78 is 14.4. The average Bonchev–Trinajstić information content (AvgIpc) is 3.53. The van der Waals surface area contributed by atoms with E-state index in [0.29, 0.717) is 67.4 Å². The van der Waals surface area contributed by atoms with Crippen molar-refractivity contribution in [1.82, 2.24) is 34.7 Å². The Bertz CT molecular complexity index is 1420. The lowest BCUT2D eigenvalue weighted by Gasteiger charge is -2.19. The fourth-order valence-electron chi connectivity index (χ4n) is 3.81. The highest BCUT2D eigenvalue weighted by Crippen LogP contribution is 2.21. The van der Waals surface area contributed by atoms with Crippen LogP contribution in [0.15, 0.2) is 42.9 Å². The summed E-state index contributed by atoms with van der Waals surface area (Å²) in [6, 6.07) is 7.35. The molecule has 1 aromatic carbocycles. The molecule has 0 fully saturated rings. The number of hydrogen-bond acceptors (Lipinski definition) is 10. The van der Waals surface area contributed by atoms with Gasteiger partial charge in [-0.1, -0.05) is 5.21 Å². The van der Waals surface area contributed by atoms with Crippen LogP contribution in [0.1, 0.15) is 59.3 Å². The van der Waals surface area contributed by atoms with Crippen LogP contribution in [-0.2, 0) is 20.9 Å². The highest BCUT2D eigenvalue weighted by Gasteiger charge is 2.16. The van der Waals surface area contributed by atoms with E-state index >= 15 is 0 Å². The fourth-order valence-corrected chi connectivity index (χ4v) is 3.81. The lowest BCUT2D eigenvalue weighted by Crippen LogP contribution is -2.23. The molecule has 0 bridgehead atoms. The Labute approximate surface area is 231 Å². The van der Waals surface area contributed by atoms with E-state index in [1.165, 1.54) is 0 Å². The summed E-state index contributed by atoms with van der Waals surface area (Å²) in [5, 5.41) is 24.7. The van der Waals surface area contributed by atoms with Crippen LogP contribution in [0.25, 0.3) is 16.9 Å². The standard InChI is InChI=1S/C27H34N8O5/c1-27(2,3)40-24(38)9-4-6-14-34-18-20(16-29-34)35-25-22(32-33-35)17-28-26(31-25)30-19-10-12-21(13-11-19)39-15-7-5-8-23(36)37/h10-13,16-18H,4-9,14-15H2,1-3H3,(H,36,37)(H,28,30,31). The first-order valence-corrected chi connectivity index (χ1v) is 13.2. The molecule has 0 aliphatic heterocycles. The molecule has 13 nitrogen and oxygen atoms in total. The van der Waals surface area contributed by atoms with Gasteiger partial charge in [0.15, 0.2) is 11.2 Å². The number of nitrogens with one attached hydrogen (secondary N) is 1. The zero-order valence-electron chi connectivity index (χ0n) is 22.9. The second kappa shape index (κ2) is 13.0. The van der Waals surface area contributed by atoms with Crippen LogP contribution < -0.4 is 10.1 Å². The van der Waals surface area contributed by atoms with E-state index in [-0.39, 0.29) is 12.4 Å². The van der Waals surface area contributed by atoms with Gasteiger partial charge < -0.3 is 19.9 Å². The number of benzene rings is 1. The van der Waals surface area contributed by atoms with Gasteiger partial charge in [0.25, 0.3) is 0 Å². The Morgan fingerprint density at radius 3 is 2.55 bits per heavy atom. The van der Waals surface area contributed by atoms with Crippen molar-refractivity contribution < 1.29 is 24.2 Å². The highest BCUT2D eigenvalue weighted by atomic mass is 16.6. The number of nitrogens with zero attached hydrogens (tertiary/aromatic N) is 7. The molecule has 0 radical (unpaired) electrons. The van der Waals surface area contributed by atoms with Crippen LogP contribution >= 0.6 is 0 Å². The summed E-state index contributed by atoms with van der Waals surface area (Å²) in [5.74, 6) is 0.0869. The van der Waals surface area contributed by atoms with Crippen molar-refractivity contribution in [1.29, 1.82) is 0 Å². The molecular formula is C27H34N8O5. The molecule has 4 aromatic rings. The lowest BCUT2D eigenvalue weighted by atomic mass is 10.2. The summed E-state index contributed by atoms with van der Waals surface area (Å²) >= 11 is 0. The first kappa shape index (κ1) is 28.5. The molecule has 3 aromatic heterocycles. The molecule has 0 amide bonds. The van der Waals surface area contributed by atoms with Crippen molar-refractivity contribution in [3.8, 4) is 11.4 Å². The molecule has 0 spiro atoms. The van der Waals surface area contributed by atoms with Gasteiger partial charge in [-0.25, -0.2) is 4.98 Å². The molecule has 40 heavy (non-hydrogen) atoms. The van der Waals surface area contributed by atoms with Gasteiger partial charge in [0.2, 0.25) is 5.95 Å². The van der Waals surface area contributed by atoms with Gasteiger partial charge in [0.1, 0.15) is 17.0 Å². The Balaban J connectivity index is 1.31. The number of aromatic nitrogens is 7. The molecule has 0 saturated carbocycles. The van der Waals surface area contributed by atoms with Gasteiger partial charge in [-0.05, 0) is 70.7 Å². The van der Waals surface area contributed by atoms with Crippen LogP contribution in [0.5, 0.6) is 5.75 Å². The summed E-state index contributed by atoms with van der Waals surface area (Å²) in [6.07, 6.45) is 8.41. The number of hydrogen-bond donors (Lipinski definition) is 2. The maximum atomic E-state index is 11.9. The van der Waals surface area contributed by atoms with Crippen LogP contribution in [-0.4, -0.2) is 64.0 Å². The molecule has 3 heterocycles. The number of unbranched alkanes of at least 4 members (excludes halogenated alkanes) is 2. The first-order valence-electron chi connectivity index (χ1n) is 13.2. The van der Waals surface area contributed by atoms with Gasteiger partial charge in [-0.15, -0.1) is 5.10 Å². The Hall–Kier alpha value is -4.55. The minimum absolute atomic E-state index is 0.144. The number of aliphatic carboxylic acids is 1. The molecule has 0 aliphatic rings. The quantitative estimate of drug-likeness (QED) is 0.170. The Morgan fingerprint density at radius 2 is 1.80 bits per heavy atom. The van der Waals surface area contributed by atoms with E-state index < -0.39 is 11.6 Å². The molecule has 0 atom stereocenters. The predicted molar refractivity (Wildman–Crippen MR) is 147 cm³/mol. The number of esters is 1. The van der Waals surface area contributed by atoms with Gasteiger partial charge in [0, 0.05) is 25.1 Å². The normalized spacial score (nSPS) is 11.5. The summed E-state index contributed by atoms with van der Waals surface area (Å²) in [4.78, 5) is 31.4. The second-order valence-corrected chi connectivity index (χ2v) is 10.3. The van der Waals surface area contributed by atoms with Crippen molar-refractivity contribution in [2.24, 2.45) is 0 Å². The third-order valence-corrected chi connectivity index (χ3v) is 5.66. The molecule has 212 valence electrons. The SMILES string of the molecule is CC(C)(C)OC(=O)CCCCn1cc(-n2nnc3cnc(Nc4ccc(OCCCCC(=O)O)cc4)nc32)cn1. The Kier molecular flexibility index (Phi) is 9.25. The minimum Gasteiger partial charge on any atom is -0.494 e. The van der Waals surface area contributed by atoms with Crippen molar-refractivity contribution in [3.05, 3.63) is 42.9 Å². The highest BCUT2D eigenvalue weighted by molar-refractivity contribution is 5.72. The summed E-state index contributed by atoms with van der Waals surface area (Å²) in [5.41, 5.74) is 2.09. The number of anilines is 2. The minimum atomic E-state index is -0.798. The molecular weight excluding hydrogens is 516 g/mol. The molecule has 2 N–H and O–H groups in total. The van der Waals surface area contributed by atoms with E-state index in [9.17, 15) is 9.59 Å². The maximum Gasteiger partial charge on any atom is 0.306 e. The van der Waals surface area contributed by atoms with Crippen molar-refractivity contribution in [2.75, 3.05) is 11.9 Å². The van der Waals surface area contributed by atoms with Gasteiger partial charge in [-0.2, -0.15) is 14.8 Å². The van der Waals surface area contributed by atoms with Crippen molar-refractivity contribution in [2.45, 2.75) is 71.4 Å². The lowest BCUT2D eigenvalue weighted by molar-refractivity contribution is -0.155. The van der Waals surface area contributed by atoms with Gasteiger partial charge >= 0.3 is 11.9 Å². The number of carboxylic acid groups (broad SMARTS) is 1. The van der Waals surface area contributed by atoms with Crippen LogP contribution in [0, 0.1) is 0 Å². The number of carbonyl (C=O) groups is 2. The van der Waals surface area contributed by atoms with Crippen LogP contribution in [0.3, 0.4) is 0 Å². The molecule has 0 aliphatic carbocycles. The number of fused-ring (bicyclic) bond motifs is 1. The summed E-state index contributed by atoms with van der Waals surface area (Å²) in [6.45, 7) is 6.69. The van der Waals surface area contributed by atoms with Gasteiger partial charge in [0.05, 0.1) is 25.2 Å². The number of carbonyl (C=O) groups excluding carboxylic acids is 1. The topological polar surface area (TPSA) is 159 Å². The maximum absolute atomic E-state index is 11.9. The zero-order valence-corrected chi connectivity index (χ0v) is 22.9. The first-order chi connectivity index (χ1) is 19.2. The third-order valence-electron chi connectivity index (χ3n) is 5.66. The molecule has 13 heteroatoms. The van der Waals surface area contributed by atoms with E-state index in [1.807, 2.05) is 51.2 Å². The summed E-state index contributed by atoms with van der Waals surface area (Å²) in [7, 11) is 0. The largest absolute Gasteiger partial charge is 0.494 e.